The molecule has 0 aliphatic heterocycles. The average Bonchev–Trinajstić information content (AvgIpc) is 2.15. The lowest BCUT2D eigenvalue weighted by atomic mass is 10.0. The van der Waals surface area contributed by atoms with E-state index < -0.39 is 0 Å². The number of ether oxygens (including phenoxy) is 1. The fraction of sp³-hybridized carbons (Fsp3) is 0.600. The Morgan fingerprint density at radius 3 is 2.59 bits per heavy atom. The first-order chi connectivity index (χ1) is 7.93. The van der Waals surface area contributed by atoms with E-state index in [9.17, 15) is 0 Å². The molecule has 0 unspecified atom stereocenters. The number of rotatable bonds is 6. The largest absolute Gasteiger partial charge is 0.488 e. The van der Waals surface area contributed by atoms with E-state index in [1.165, 1.54) is 5.56 Å². The number of aliphatic hydroxyl groups excluding tert-OH is 1. The molecule has 0 atom stereocenters. The summed E-state index contributed by atoms with van der Waals surface area (Å²) in [6.45, 7) is 8.57. The maximum atomic E-state index is 8.97. The Bertz CT molecular complexity index is 343. The van der Waals surface area contributed by atoms with Crippen molar-refractivity contribution >= 4 is 0 Å². The SMILES string of the molecule is CC(C)Cc1cccc(OC(C)(C)CCO)c1. The van der Waals surface area contributed by atoms with Crippen molar-refractivity contribution in [2.24, 2.45) is 5.92 Å². The zero-order valence-electron chi connectivity index (χ0n) is 11.4. The highest BCUT2D eigenvalue weighted by Crippen LogP contribution is 2.22. The van der Waals surface area contributed by atoms with Crippen molar-refractivity contribution in [2.75, 3.05) is 6.61 Å². The number of aliphatic hydroxyl groups is 1. The molecule has 0 aliphatic rings. The lowest BCUT2D eigenvalue weighted by Gasteiger charge is -2.26. The van der Waals surface area contributed by atoms with Crippen molar-refractivity contribution in [1.29, 1.82) is 0 Å². The van der Waals surface area contributed by atoms with Crippen LogP contribution >= 0.6 is 0 Å². The van der Waals surface area contributed by atoms with E-state index in [0.29, 0.717) is 12.3 Å². The molecule has 0 amide bonds. The summed E-state index contributed by atoms with van der Waals surface area (Å²) in [6.07, 6.45) is 1.71. The van der Waals surface area contributed by atoms with E-state index in [-0.39, 0.29) is 12.2 Å². The molecular weight excluding hydrogens is 212 g/mol. The Morgan fingerprint density at radius 2 is 2.00 bits per heavy atom. The van der Waals surface area contributed by atoms with Gasteiger partial charge in [-0.3, -0.25) is 0 Å². The van der Waals surface area contributed by atoms with Crippen LogP contribution in [0.25, 0.3) is 0 Å². The Hall–Kier alpha value is -1.02. The lowest BCUT2D eigenvalue weighted by molar-refractivity contribution is 0.0764. The summed E-state index contributed by atoms with van der Waals surface area (Å²) in [7, 11) is 0. The fourth-order valence-corrected chi connectivity index (χ4v) is 1.85. The smallest absolute Gasteiger partial charge is 0.120 e. The van der Waals surface area contributed by atoms with Crippen molar-refractivity contribution < 1.29 is 9.84 Å². The first-order valence-electron chi connectivity index (χ1n) is 6.32. The minimum Gasteiger partial charge on any atom is -0.488 e. The molecule has 0 saturated carbocycles. The number of hydrogen-bond acceptors (Lipinski definition) is 2. The molecule has 0 radical (unpaired) electrons. The van der Waals surface area contributed by atoms with Crippen molar-refractivity contribution in [3.63, 3.8) is 0 Å². The quantitative estimate of drug-likeness (QED) is 0.820. The summed E-state index contributed by atoms with van der Waals surface area (Å²) in [4.78, 5) is 0. The Morgan fingerprint density at radius 1 is 1.29 bits per heavy atom. The van der Waals surface area contributed by atoms with Gasteiger partial charge >= 0.3 is 0 Å². The Labute approximate surface area is 105 Å². The van der Waals surface area contributed by atoms with Gasteiger partial charge in [-0.25, -0.2) is 0 Å². The molecule has 0 bridgehead atoms. The molecule has 0 spiro atoms. The molecule has 1 rings (SSSR count). The Kier molecular flexibility index (Phi) is 5.01. The molecule has 1 aromatic carbocycles. The van der Waals surface area contributed by atoms with Gasteiger partial charge in [0.25, 0.3) is 0 Å². The summed E-state index contributed by atoms with van der Waals surface area (Å²) in [5, 5.41) is 8.97. The standard InChI is InChI=1S/C15H24O2/c1-12(2)10-13-6-5-7-14(11-13)17-15(3,4)8-9-16/h5-7,11-12,16H,8-10H2,1-4H3. The normalized spacial score (nSPS) is 11.9. The molecule has 0 aliphatic carbocycles. The topological polar surface area (TPSA) is 29.5 Å². The highest BCUT2D eigenvalue weighted by atomic mass is 16.5. The van der Waals surface area contributed by atoms with Gasteiger partial charge in [0, 0.05) is 13.0 Å². The minimum atomic E-state index is -0.314. The van der Waals surface area contributed by atoms with Crippen LogP contribution in [0.1, 0.15) is 39.7 Å². The van der Waals surface area contributed by atoms with Crippen LogP contribution in [-0.2, 0) is 6.42 Å². The van der Waals surface area contributed by atoms with Crippen LogP contribution in [0.15, 0.2) is 24.3 Å². The van der Waals surface area contributed by atoms with Crippen LogP contribution in [0, 0.1) is 5.92 Å². The van der Waals surface area contributed by atoms with Gasteiger partial charge in [-0.2, -0.15) is 0 Å². The third kappa shape index (κ3) is 5.22. The Balaban J connectivity index is 2.71. The zero-order chi connectivity index (χ0) is 12.9. The maximum absolute atomic E-state index is 8.97. The number of benzene rings is 1. The summed E-state index contributed by atoms with van der Waals surface area (Å²) >= 11 is 0. The first kappa shape index (κ1) is 14.0. The number of hydrogen-bond donors (Lipinski definition) is 1. The fourth-order valence-electron chi connectivity index (χ4n) is 1.85. The van der Waals surface area contributed by atoms with E-state index in [1.54, 1.807) is 0 Å². The van der Waals surface area contributed by atoms with Gasteiger partial charge < -0.3 is 9.84 Å². The van der Waals surface area contributed by atoms with Crippen molar-refractivity contribution in [2.45, 2.75) is 46.1 Å². The summed E-state index contributed by atoms with van der Waals surface area (Å²) < 4.78 is 5.90. The molecule has 0 heterocycles. The van der Waals surface area contributed by atoms with E-state index in [1.807, 2.05) is 26.0 Å². The van der Waals surface area contributed by atoms with E-state index >= 15 is 0 Å². The summed E-state index contributed by atoms with van der Waals surface area (Å²) in [5.74, 6) is 1.54. The van der Waals surface area contributed by atoms with E-state index in [4.69, 9.17) is 9.84 Å². The predicted octanol–water partition coefficient (Wildman–Crippen LogP) is 3.42. The molecule has 17 heavy (non-hydrogen) atoms. The summed E-state index contributed by atoms with van der Waals surface area (Å²) in [5.41, 5.74) is 0.989. The van der Waals surface area contributed by atoms with Gasteiger partial charge in [0.15, 0.2) is 0 Å². The average molecular weight is 236 g/mol. The van der Waals surface area contributed by atoms with Gasteiger partial charge in [0.05, 0.1) is 0 Å². The molecule has 2 nitrogen and oxygen atoms in total. The lowest BCUT2D eigenvalue weighted by Crippen LogP contribution is -2.29. The zero-order valence-corrected chi connectivity index (χ0v) is 11.4. The molecule has 1 N–H and O–H groups in total. The van der Waals surface area contributed by atoms with Gasteiger partial charge in [0.2, 0.25) is 0 Å². The highest BCUT2D eigenvalue weighted by molar-refractivity contribution is 5.29. The van der Waals surface area contributed by atoms with Crippen LogP contribution < -0.4 is 4.74 Å². The maximum Gasteiger partial charge on any atom is 0.120 e. The molecule has 0 aromatic heterocycles. The van der Waals surface area contributed by atoms with Crippen LogP contribution in [0.5, 0.6) is 5.75 Å². The highest BCUT2D eigenvalue weighted by Gasteiger charge is 2.18. The van der Waals surface area contributed by atoms with Crippen LogP contribution in [0.4, 0.5) is 0 Å². The molecule has 96 valence electrons. The van der Waals surface area contributed by atoms with Gasteiger partial charge in [-0.15, -0.1) is 0 Å². The second-order valence-corrected chi connectivity index (χ2v) is 5.58. The van der Waals surface area contributed by atoms with E-state index in [0.717, 1.165) is 12.2 Å². The molecular formula is C15H24O2. The summed E-state index contributed by atoms with van der Waals surface area (Å²) in [6, 6.07) is 8.23. The van der Waals surface area contributed by atoms with Crippen LogP contribution in [0.2, 0.25) is 0 Å². The van der Waals surface area contributed by atoms with E-state index in [2.05, 4.69) is 26.0 Å². The second-order valence-electron chi connectivity index (χ2n) is 5.58. The van der Waals surface area contributed by atoms with Crippen LogP contribution in [-0.4, -0.2) is 17.3 Å². The molecule has 0 saturated heterocycles. The molecule has 2 heteroatoms. The molecule has 1 aromatic rings. The second kappa shape index (κ2) is 6.06. The molecule has 0 fully saturated rings. The van der Waals surface area contributed by atoms with Crippen molar-refractivity contribution in [1.82, 2.24) is 0 Å². The monoisotopic (exact) mass is 236 g/mol. The predicted molar refractivity (Wildman–Crippen MR) is 71.4 cm³/mol. The van der Waals surface area contributed by atoms with Gasteiger partial charge in [-0.1, -0.05) is 26.0 Å². The van der Waals surface area contributed by atoms with Crippen molar-refractivity contribution in [3.8, 4) is 5.75 Å². The minimum absolute atomic E-state index is 0.151. The van der Waals surface area contributed by atoms with Gasteiger partial charge in [-0.05, 0) is 43.9 Å². The van der Waals surface area contributed by atoms with Gasteiger partial charge in [0.1, 0.15) is 11.4 Å². The van der Waals surface area contributed by atoms with Crippen LogP contribution in [0.3, 0.4) is 0 Å². The first-order valence-corrected chi connectivity index (χ1v) is 6.32. The van der Waals surface area contributed by atoms with Crippen molar-refractivity contribution in [3.05, 3.63) is 29.8 Å². The third-order valence-electron chi connectivity index (χ3n) is 2.65. The third-order valence-corrected chi connectivity index (χ3v) is 2.65.